The summed E-state index contributed by atoms with van der Waals surface area (Å²) in [5.74, 6) is -0.203. The summed E-state index contributed by atoms with van der Waals surface area (Å²) in [7, 11) is 0. The van der Waals surface area contributed by atoms with E-state index in [9.17, 15) is 4.79 Å². The first-order chi connectivity index (χ1) is 9.56. The maximum Gasteiger partial charge on any atom is 0.251 e. The number of thiocarbonyl (C=S) groups is 1. The van der Waals surface area contributed by atoms with Crippen molar-refractivity contribution in [2.45, 2.75) is 13.5 Å². The van der Waals surface area contributed by atoms with Crippen molar-refractivity contribution in [2.75, 3.05) is 0 Å². The van der Waals surface area contributed by atoms with Gasteiger partial charge in [0.05, 0.1) is 24.1 Å². The van der Waals surface area contributed by atoms with E-state index in [2.05, 4.69) is 15.3 Å². The van der Waals surface area contributed by atoms with Crippen LogP contribution in [0.4, 0.5) is 0 Å². The molecule has 6 heteroatoms. The van der Waals surface area contributed by atoms with Crippen LogP contribution in [0.2, 0.25) is 0 Å². The van der Waals surface area contributed by atoms with Gasteiger partial charge in [0.15, 0.2) is 0 Å². The van der Waals surface area contributed by atoms with Crippen LogP contribution in [-0.4, -0.2) is 20.9 Å². The number of benzene rings is 1. The second kappa shape index (κ2) is 6.21. The van der Waals surface area contributed by atoms with Crippen LogP contribution in [0.3, 0.4) is 0 Å². The minimum atomic E-state index is -0.203. The number of nitrogens with zero attached hydrogens (tertiary/aromatic N) is 2. The van der Waals surface area contributed by atoms with Gasteiger partial charge in [-0.05, 0) is 19.1 Å². The van der Waals surface area contributed by atoms with Crippen molar-refractivity contribution in [1.29, 1.82) is 0 Å². The SMILES string of the molecule is Cc1cnc(CNC(=O)c2cccc(C(N)=S)c2)cn1. The van der Waals surface area contributed by atoms with E-state index in [0.717, 1.165) is 5.69 Å². The lowest BCUT2D eigenvalue weighted by molar-refractivity contribution is 0.0950. The van der Waals surface area contributed by atoms with Gasteiger partial charge in [-0.2, -0.15) is 0 Å². The van der Waals surface area contributed by atoms with Crippen molar-refractivity contribution < 1.29 is 4.79 Å². The van der Waals surface area contributed by atoms with Gasteiger partial charge in [0.25, 0.3) is 5.91 Å². The van der Waals surface area contributed by atoms with Crippen molar-refractivity contribution in [3.63, 3.8) is 0 Å². The van der Waals surface area contributed by atoms with Crippen LogP contribution in [0.15, 0.2) is 36.7 Å². The van der Waals surface area contributed by atoms with Gasteiger partial charge in [0.2, 0.25) is 0 Å². The van der Waals surface area contributed by atoms with Crippen molar-refractivity contribution in [2.24, 2.45) is 5.73 Å². The van der Waals surface area contributed by atoms with Crippen LogP contribution in [0.5, 0.6) is 0 Å². The maximum atomic E-state index is 12.0. The van der Waals surface area contributed by atoms with E-state index in [1.54, 1.807) is 36.7 Å². The number of rotatable bonds is 4. The van der Waals surface area contributed by atoms with E-state index in [1.807, 2.05) is 6.92 Å². The summed E-state index contributed by atoms with van der Waals surface area (Å²) in [6.07, 6.45) is 3.30. The Hall–Kier alpha value is -2.34. The van der Waals surface area contributed by atoms with Crippen molar-refractivity contribution in [3.05, 3.63) is 59.2 Å². The van der Waals surface area contributed by atoms with E-state index in [0.29, 0.717) is 23.4 Å². The number of nitrogens with two attached hydrogens (primary N) is 1. The second-order valence-corrected chi connectivity index (χ2v) is 4.72. The van der Waals surface area contributed by atoms with Crippen LogP contribution < -0.4 is 11.1 Å². The lowest BCUT2D eigenvalue weighted by Gasteiger charge is -2.06. The molecule has 0 spiro atoms. The quantitative estimate of drug-likeness (QED) is 0.829. The highest BCUT2D eigenvalue weighted by atomic mass is 32.1. The highest BCUT2D eigenvalue weighted by Gasteiger charge is 2.07. The Bertz CT molecular complexity index is 640. The van der Waals surface area contributed by atoms with Gasteiger partial charge in [0, 0.05) is 17.3 Å². The number of aromatic nitrogens is 2. The van der Waals surface area contributed by atoms with E-state index in [-0.39, 0.29) is 10.9 Å². The van der Waals surface area contributed by atoms with E-state index >= 15 is 0 Å². The minimum Gasteiger partial charge on any atom is -0.389 e. The van der Waals surface area contributed by atoms with Gasteiger partial charge in [0.1, 0.15) is 4.99 Å². The number of aryl methyl sites for hydroxylation is 1. The van der Waals surface area contributed by atoms with Gasteiger partial charge in [-0.15, -0.1) is 0 Å². The monoisotopic (exact) mass is 286 g/mol. The molecule has 1 heterocycles. The fourth-order valence-corrected chi connectivity index (χ4v) is 1.72. The fourth-order valence-electron chi connectivity index (χ4n) is 1.60. The van der Waals surface area contributed by atoms with Gasteiger partial charge >= 0.3 is 0 Å². The van der Waals surface area contributed by atoms with Crippen LogP contribution in [-0.2, 0) is 6.54 Å². The maximum absolute atomic E-state index is 12.0. The highest BCUT2D eigenvalue weighted by Crippen LogP contribution is 2.05. The molecule has 0 atom stereocenters. The number of amides is 1. The van der Waals surface area contributed by atoms with Gasteiger partial charge in [-0.25, -0.2) is 0 Å². The molecule has 0 aliphatic rings. The zero-order valence-electron chi connectivity index (χ0n) is 11.0. The predicted octanol–water partition coefficient (Wildman–Crippen LogP) is 1.35. The third kappa shape index (κ3) is 3.58. The highest BCUT2D eigenvalue weighted by molar-refractivity contribution is 7.80. The molecule has 1 aromatic carbocycles. The molecule has 0 radical (unpaired) electrons. The van der Waals surface area contributed by atoms with Crippen LogP contribution in [0.1, 0.15) is 27.3 Å². The standard InChI is InChI=1S/C14H14N4OS/c1-9-6-17-12(7-16-9)8-18-14(19)11-4-2-3-10(5-11)13(15)20/h2-7H,8H2,1H3,(H2,15,20)(H,18,19). The third-order valence-electron chi connectivity index (χ3n) is 2.67. The van der Waals surface area contributed by atoms with Gasteiger partial charge in [-0.1, -0.05) is 24.4 Å². The topological polar surface area (TPSA) is 80.9 Å². The Morgan fingerprint density at radius 3 is 2.70 bits per heavy atom. The Labute approximate surface area is 122 Å². The molecule has 1 aromatic heterocycles. The fraction of sp³-hybridized carbons (Fsp3) is 0.143. The summed E-state index contributed by atoms with van der Waals surface area (Å²) in [4.78, 5) is 20.6. The van der Waals surface area contributed by atoms with E-state index < -0.39 is 0 Å². The van der Waals surface area contributed by atoms with Crippen molar-refractivity contribution in [1.82, 2.24) is 15.3 Å². The molecule has 2 rings (SSSR count). The Morgan fingerprint density at radius 2 is 2.05 bits per heavy atom. The molecule has 0 aliphatic heterocycles. The van der Waals surface area contributed by atoms with Gasteiger partial charge in [-0.3, -0.25) is 14.8 Å². The normalized spacial score (nSPS) is 10.1. The summed E-state index contributed by atoms with van der Waals surface area (Å²) >= 11 is 4.89. The summed E-state index contributed by atoms with van der Waals surface area (Å²) in [6, 6.07) is 6.88. The van der Waals surface area contributed by atoms with Crippen LogP contribution in [0, 0.1) is 6.92 Å². The molecule has 0 unspecified atom stereocenters. The Morgan fingerprint density at radius 1 is 1.30 bits per heavy atom. The number of hydrogen-bond acceptors (Lipinski definition) is 4. The first-order valence-corrected chi connectivity index (χ1v) is 6.42. The van der Waals surface area contributed by atoms with Gasteiger partial charge < -0.3 is 11.1 Å². The van der Waals surface area contributed by atoms with Crippen molar-refractivity contribution in [3.8, 4) is 0 Å². The zero-order chi connectivity index (χ0) is 14.5. The second-order valence-electron chi connectivity index (χ2n) is 4.28. The zero-order valence-corrected chi connectivity index (χ0v) is 11.8. The average Bonchev–Trinajstić information content (AvgIpc) is 2.46. The summed E-state index contributed by atoms with van der Waals surface area (Å²) < 4.78 is 0. The molecule has 102 valence electrons. The summed E-state index contributed by atoms with van der Waals surface area (Å²) in [6.45, 7) is 2.18. The first-order valence-electron chi connectivity index (χ1n) is 6.02. The number of hydrogen-bond donors (Lipinski definition) is 2. The molecule has 1 amide bonds. The number of carbonyl (C=O) groups excluding carboxylic acids is 1. The minimum absolute atomic E-state index is 0.203. The molecular weight excluding hydrogens is 272 g/mol. The molecular formula is C14H14N4OS. The largest absolute Gasteiger partial charge is 0.389 e. The molecule has 3 N–H and O–H groups in total. The van der Waals surface area contributed by atoms with E-state index in [1.165, 1.54) is 0 Å². The van der Waals surface area contributed by atoms with Crippen LogP contribution >= 0.6 is 12.2 Å². The molecule has 5 nitrogen and oxygen atoms in total. The molecule has 0 saturated heterocycles. The average molecular weight is 286 g/mol. The number of nitrogens with one attached hydrogen (secondary N) is 1. The summed E-state index contributed by atoms with van der Waals surface area (Å²) in [5.41, 5.74) is 8.26. The molecule has 2 aromatic rings. The predicted molar refractivity (Wildman–Crippen MR) is 80.3 cm³/mol. The van der Waals surface area contributed by atoms with Crippen LogP contribution in [0.25, 0.3) is 0 Å². The molecule has 0 saturated carbocycles. The van der Waals surface area contributed by atoms with Crippen molar-refractivity contribution >= 4 is 23.1 Å². The molecule has 20 heavy (non-hydrogen) atoms. The molecule has 0 aliphatic carbocycles. The Kier molecular flexibility index (Phi) is 4.37. The molecule has 0 fully saturated rings. The smallest absolute Gasteiger partial charge is 0.251 e. The Balaban J connectivity index is 2.03. The third-order valence-corrected chi connectivity index (χ3v) is 2.91. The number of carbonyl (C=O) groups is 1. The van der Waals surface area contributed by atoms with E-state index in [4.69, 9.17) is 18.0 Å². The lowest BCUT2D eigenvalue weighted by atomic mass is 10.1. The first kappa shape index (κ1) is 14.1. The lowest BCUT2D eigenvalue weighted by Crippen LogP contribution is -2.24. The summed E-state index contributed by atoms with van der Waals surface area (Å²) in [5, 5.41) is 2.78. The molecule has 0 bridgehead atoms.